The highest BCUT2D eigenvalue weighted by Crippen LogP contribution is 2.31. The summed E-state index contributed by atoms with van der Waals surface area (Å²) >= 11 is 0. The molecule has 7 heteroatoms. The van der Waals surface area contributed by atoms with Gasteiger partial charge < -0.3 is 20.6 Å². The molecule has 25 heavy (non-hydrogen) atoms. The van der Waals surface area contributed by atoms with Crippen LogP contribution in [0.15, 0.2) is 18.2 Å². The normalized spacial score (nSPS) is 23.7. The zero-order valence-corrected chi connectivity index (χ0v) is 14.3. The molecule has 2 amide bonds. The molecule has 1 aromatic rings. The third-order valence-corrected chi connectivity index (χ3v) is 5.15. The van der Waals surface area contributed by atoms with Crippen LogP contribution in [0.5, 0.6) is 0 Å². The van der Waals surface area contributed by atoms with E-state index in [1.807, 2.05) is 0 Å². The number of rotatable bonds is 4. The number of nitrogens with one attached hydrogen (secondary N) is 2. The molecule has 2 aliphatic rings. The lowest BCUT2D eigenvalue weighted by Crippen LogP contribution is -2.48. The van der Waals surface area contributed by atoms with Crippen LogP contribution in [0.3, 0.4) is 0 Å². The standard InChI is InChI=1S/C18H24FN3O3/c1-11-4-6-22(7-5-11)16-3-2-13(19)10-15(16)21-18(25)20-14-8-12(9-14)17(23)24/h2-3,10-12,14H,4-9H2,1H3,(H,23,24)(H2,20,21,25). The summed E-state index contributed by atoms with van der Waals surface area (Å²) in [5.74, 6) is -0.938. The average Bonchev–Trinajstić information content (AvgIpc) is 2.51. The first-order valence-corrected chi connectivity index (χ1v) is 8.77. The summed E-state index contributed by atoms with van der Waals surface area (Å²) in [4.78, 5) is 25.2. The molecule has 6 nitrogen and oxygen atoms in total. The molecule has 1 aromatic carbocycles. The molecule has 1 aliphatic heterocycles. The molecule has 0 radical (unpaired) electrons. The Hall–Kier alpha value is -2.31. The van der Waals surface area contributed by atoms with E-state index in [4.69, 9.17) is 5.11 Å². The molecule has 1 saturated heterocycles. The second kappa shape index (κ2) is 7.29. The summed E-state index contributed by atoms with van der Waals surface area (Å²) < 4.78 is 13.7. The first kappa shape index (κ1) is 17.5. The molecule has 136 valence electrons. The van der Waals surface area contributed by atoms with E-state index in [1.54, 1.807) is 6.07 Å². The van der Waals surface area contributed by atoms with Crippen LogP contribution in [-0.4, -0.2) is 36.2 Å². The molecule has 1 aliphatic carbocycles. The molecule has 0 unspecified atom stereocenters. The lowest BCUT2D eigenvalue weighted by Gasteiger charge is -2.34. The smallest absolute Gasteiger partial charge is 0.319 e. The number of hydrogen-bond donors (Lipinski definition) is 3. The number of urea groups is 1. The monoisotopic (exact) mass is 349 g/mol. The van der Waals surface area contributed by atoms with Crippen LogP contribution in [0.2, 0.25) is 0 Å². The minimum absolute atomic E-state index is 0.144. The van der Waals surface area contributed by atoms with Gasteiger partial charge in [0.25, 0.3) is 0 Å². The second-order valence-corrected chi connectivity index (χ2v) is 7.13. The molecule has 0 bridgehead atoms. The highest BCUT2D eigenvalue weighted by Gasteiger charge is 2.35. The van der Waals surface area contributed by atoms with Gasteiger partial charge in [-0.2, -0.15) is 0 Å². The van der Waals surface area contributed by atoms with E-state index in [2.05, 4.69) is 22.5 Å². The SMILES string of the molecule is CC1CCN(c2ccc(F)cc2NC(=O)NC2CC(C(=O)O)C2)CC1. The van der Waals surface area contributed by atoms with Gasteiger partial charge in [0, 0.05) is 19.1 Å². The molecule has 0 spiro atoms. The fraction of sp³-hybridized carbons (Fsp3) is 0.556. The predicted octanol–water partition coefficient (Wildman–Crippen LogP) is 3.05. The number of piperidine rings is 1. The number of anilines is 2. The zero-order valence-electron chi connectivity index (χ0n) is 14.3. The Bertz CT molecular complexity index is 653. The lowest BCUT2D eigenvalue weighted by molar-refractivity contribution is -0.145. The lowest BCUT2D eigenvalue weighted by atomic mass is 9.80. The first-order valence-electron chi connectivity index (χ1n) is 8.77. The minimum Gasteiger partial charge on any atom is -0.481 e. The summed E-state index contributed by atoms with van der Waals surface area (Å²) in [7, 11) is 0. The van der Waals surface area contributed by atoms with Crippen molar-refractivity contribution in [2.24, 2.45) is 11.8 Å². The molecule has 1 heterocycles. The summed E-state index contributed by atoms with van der Waals surface area (Å²) in [5, 5.41) is 14.4. The maximum atomic E-state index is 13.7. The Balaban J connectivity index is 1.62. The third kappa shape index (κ3) is 4.21. The van der Waals surface area contributed by atoms with Gasteiger partial charge in [-0.25, -0.2) is 9.18 Å². The molecular formula is C18H24FN3O3. The van der Waals surface area contributed by atoms with Gasteiger partial charge in [-0.05, 0) is 49.8 Å². The van der Waals surface area contributed by atoms with Crippen LogP contribution < -0.4 is 15.5 Å². The van der Waals surface area contributed by atoms with Crippen LogP contribution in [0.25, 0.3) is 0 Å². The van der Waals surface area contributed by atoms with E-state index in [9.17, 15) is 14.0 Å². The Morgan fingerprint density at radius 1 is 1.24 bits per heavy atom. The van der Waals surface area contributed by atoms with Gasteiger partial charge >= 0.3 is 12.0 Å². The average molecular weight is 349 g/mol. The molecular weight excluding hydrogens is 325 g/mol. The fourth-order valence-electron chi connectivity index (χ4n) is 3.41. The summed E-state index contributed by atoms with van der Waals surface area (Å²) in [5.41, 5.74) is 1.27. The molecule has 3 N–H and O–H groups in total. The van der Waals surface area contributed by atoms with Gasteiger partial charge in [0.05, 0.1) is 17.3 Å². The number of benzene rings is 1. The maximum Gasteiger partial charge on any atom is 0.319 e. The number of halogens is 1. The Morgan fingerprint density at radius 3 is 2.56 bits per heavy atom. The number of aliphatic carboxylic acids is 1. The first-order chi connectivity index (χ1) is 11.9. The van der Waals surface area contributed by atoms with Crippen LogP contribution in [0.1, 0.15) is 32.6 Å². The minimum atomic E-state index is -0.829. The van der Waals surface area contributed by atoms with E-state index in [-0.39, 0.29) is 12.0 Å². The van der Waals surface area contributed by atoms with Gasteiger partial charge in [-0.15, -0.1) is 0 Å². The molecule has 0 atom stereocenters. The van der Waals surface area contributed by atoms with Crippen LogP contribution in [-0.2, 0) is 4.79 Å². The fourth-order valence-corrected chi connectivity index (χ4v) is 3.41. The van der Waals surface area contributed by atoms with E-state index in [0.29, 0.717) is 24.4 Å². The van der Waals surface area contributed by atoms with Gasteiger partial charge in [0.1, 0.15) is 5.82 Å². The number of carbonyl (C=O) groups excluding carboxylic acids is 1. The van der Waals surface area contributed by atoms with Crippen LogP contribution >= 0.6 is 0 Å². The quantitative estimate of drug-likeness (QED) is 0.780. The second-order valence-electron chi connectivity index (χ2n) is 7.13. The Morgan fingerprint density at radius 2 is 1.92 bits per heavy atom. The summed E-state index contributed by atoms with van der Waals surface area (Å²) in [6.45, 7) is 3.98. The largest absolute Gasteiger partial charge is 0.481 e. The number of amides is 2. The summed E-state index contributed by atoms with van der Waals surface area (Å²) in [6.07, 6.45) is 3.01. The summed E-state index contributed by atoms with van der Waals surface area (Å²) in [6, 6.07) is 3.86. The van der Waals surface area contributed by atoms with Crippen molar-refractivity contribution in [3.63, 3.8) is 0 Å². The molecule has 0 aromatic heterocycles. The van der Waals surface area contributed by atoms with Crippen LogP contribution in [0, 0.1) is 17.7 Å². The highest BCUT2D eigenvalue weighted by atomic mass is 19.1. The molecule has 2 fully saturated rings. The van der Waals surface area contributed by atoms with E-state index >= 15 is 0 Å². The predicted molar refractivity (Wildman–Crippen MR) is 93.3 cm³/mol. The number of carboxylic acids is 1. The van der Waals surface area contributed by atoms with Gasteiger partial charge in [0.2, 0.25) is 0 Å². The van der Waals surface area contributed by atoms with Crippen molar-refractivity contribution in [1.82, 2.24) is 5.32 Å². The van der Waals surface area contributed by atoms with Crippen LogP contribution in [0.4, 0.5) is 20.6 Å². The van der Waals surface area contributed by atoms with Crippen molar-refractivity contribution in [3.05, 3.63) is 24.0 Å². The van der Waals surface area contributed by atoms with Crippen molar-refractivity contribution >= 4 is 23.4 Å². The molecule has 1 saturated carbocycles. The topological polar surface area (TPSA) is 81.7 Å². The zero-order chi connectivity index (χ0) is 18.0. The Kier molecular flexibility index (Phi) is 5.11. The van der Waals surface area contributed by atoms with E-state index in [0.717, 1.165) is 31.6 Å². The van der Waals surface area contributed by atoms with Crippen molar-refractivity contribution in [3.8, 4) is 0 Å². The maximum absolute atomic E-state index is 13.7. The van der Waals surface area contributed by atoms with E-state index < -0.39 is 17.8 Å². The highest BCUT2D eigenvalue weighted by molar-refractivity contribution is 5.93. The molecule has 3 rings (SSSR count). The van der Waals surface area contributed by atoms with Crippen molar-refractivity contribution in [1.29, 1.82) is 0 Å². The Labute approximate surface area is 146 Å². The number of nitrogens with zero attached hydrogens (tertiary/aromatic N) is 1. The van der Waals surface area contributed by atoms with Gasteiger partial charge in [0.15, 0.2) is 0 Å². The number of carbonyl (C=O) groups is 2. The van der Waals surface area contributed by atoms with Gasteiger partial charge in [-0.3, -0.25) is 4.79 Å². The number of hydrogen-bond acceptors (Lipinski definition) is 3. The number of carboxylic acid groups (broad SMARTS) is 1. The van der Waals surface area contributed by atoms with Crippen molar-refractivity contribution < 1.29 is 19.1 Å². The van der Waals surface area contributed by atoms with E-state index in [1.165, 1.54) is 12.1 Å². The van der Waals surface area contributed by atoms with Crippen molar-refractivity contribution in [2.75, 3.05) is 23.3 Å². The third-order valence-electron chi connectivity index (χ3n) is 5.15. The van der Waals surface area contributed by atoms with Crippen molar-refractivity contribution in [2.45, 2.75) is 38.6 Å². The van der Waals surface area contributed by atoms with Gasteiger partial charge in [-0.1, -0.05) is 6.92 Å².